The van der Waals surface area contributed by atoms with Gasteiger partial charge in [0.05, 0.1) is 5.25 Å². The number of ketones is 1. The first-order chi connectivity index (χ1) is 4.34. The molecule has 0 bridgehead atoms. The van der Waals surface area contributed by atoms with Crippen molar-refractivity contribution in [2.45, 2.75) is 11.7 Å². The van der Waals surface area contributed by atoms with Crippen LogP contribution in [0.4, 0.5) is 0 Å². The highest BCUT2D eigenvalue weighted by Crippen LogP contribution is 2.23. The van der Waals surface area contributed by atoms with Crippen LogP contribution in [0.5, 0.6) is 0 Å². The number of hydrogen-bond acceptors (Lipinski definition) is 3. The van der Waals surface area contributed by atoms with Crippen LogP contribution in [0, 0.1) is 0 Å². The van der Waals surface area contributed by atoms with Crippen LogP contribution in [0.2, 0.25) is 0 Å². The maximum absolute atomic E-state index is 10.6. The lowest BCUT2D eigenvalue weighted by Crippen LogP contribution is -2.14. The molecule has 0 fully saturated rings. The predicted octanol–water partition coefficient (Wildman–Crippen LogP) is 0.774. The number of thioether (sulfide) groups is 1. The molecule has 0 spiro atoms. The minimum atomic E-state index is -0.301. The van der Waals surface area contributed by atoms with Crippen molar-refractivity contribution in [2.24, 2.45) is 0 Å². The molecule has 1 heterocycles. The van der Waals surface area contributed by atoms with Gasteiger partial charge in [-0.15, -0.1) is 11.8 Å². The minimum Gasteiger partial charge on any atom is -0.295 e. The standard InChI is InChI=1S/C6H6O2S/c7-4-5(8)6-2-1-3-9-6/h1,3-4,6H,2H2. The number of hydrogen-bond donors (Lipinski definition) is 0. The number of carbonyl (C=O) groups is 2. The van der Waals surface area contributed by atoms with E-state index in [4.69, 9.17) is 0 Å². The van der Waals surface area contributed by atoms with E-state index in [9.17, 15) is 9.59 Å². The van der Waals surface area contributed by atoms with Gasteiger partial charge in [0.25, 0.3) is 0 Å². The van der Waals surface area contributed by atoms with Gasteiger partial charge in [0.1, 0.15) is 0 Å². The van der Waals surface area contributed by atoms with Gasteiger partial charge in [-0.1, -0.05) is 6.08 Å². The first-order valence-electron chi connectivity index (χ1n) is 2.64. The third kappa shape index (κ3) is 1.42. The lowest BCUT2D eigenvalue weighted by Gasteiger charge is -1.97. The summed E-state index contributed by atoms with van der Waals surface area (Å²) in [6, 6.07) is 0. The average Bonchev–Trinajstić information content (AvgIpc) is 2.37. The van der Waals surface area contributed by atoms with Crippen LogP contribution < -0.4 is 0 Å². The number of carbonyl (C=O) groups excluding carboxylic acids is 2. The fourth-order valence-corrected chi connectivity index (χ4v) is 1.47. The number of Topliss-reactive ketones (excluding diaryl/α,β-unsaturated/α-hetero) is 1. The molecule has 0 aromatic rings. The molecule has 0 saturated carbocycles. The molecule has 0 aromatic carbocycles. The van der Waals surface area contributed by atoms with Gasteiger partial charge >= 0.3 is 0 Å². The Morgan fingerprint density at radius 2 is 2.56 bits per heavy atom. The molecule has 1 aliphatic rings. The van der Waals surface area contributed by atoms with Crippen molar-refractivity contribution in [1.29, 1.82) is 0 Å². The number of allylic oxidation sites excluding steroid dienone is 1. The molecule has 1 rings (SSSR count). The van der Waals surface area contributed by atoms with E-state index in [-0.39, 0.29) is 11.0 Å². The molecular formula is C6H6O2S. The fraction of sp³-hybridized carbons (Fsp3) is 0.333. The first-order valence-corrected chi connectivity index (χ1v) is 3.58. The lowest BCUT2D eigenvalue weighted by atomic mass is 10.2. The van der Waals surface area contributed by atoms with E-state index in [0.717, 1.165) is 0 Å². The molecule has 0 amide bonds. The fourth-order valence-electron chi connectivity index (χ4n) is 0.644. The van der Waals surface area contributed by atoms with Crippen LogP contribution in [0.25, 0.3) is 0 Å². The highest BCUT2D eigenvalue weighted by Gasteiger charge is 2.18. The van der Waals surface area contributed by atoms with E-state index in [1.54, 1.807) is 0 Å². The summed E-state index contributed by atoms with van der Waals surface area (Å²) in [6.45, 7) is 0. The summed E-state index contributed by atoms with van der Waals surface area (Å²) in [4.78, 5) is 20.5. The SMILES string of the molecule is O=CC(=O)C1CC=CS1. The van der Waals surface area contributed by atoms with Gasteiger partial charge in [-0.3, -0.25) is 9.59 Å². The Morgan fingerprint density at radius 3 is 3.00 bits per heavy atom. The molecule has 9 heavy (non-hydrogen) atoms. The van der Waals surface area contributed by atoms with E-state index in [2.05, 4.69) is 0 Å². The monoisotopic (exact) mass is 142 g/mol. The van der Waals surface area contributed by atoms with Gasteiger partial charge in [-0.05, 0) is 11.8 Å². The van der Waals surface area contributed by atoms with Crippen LogP contribution >= 0.6 is 11.8 Å². The van der Waals surface area contributed by atoms with Gasteiger partial charge in [0, 0.05) is 0 Å². The summed E-state index contributed by atoms with van der Waals surface area (Å²) in [7, 11) is 0. The first kappa shape index (κ1) is 6.55. The smallest absolute Gasteiger partial charge is 0.208 e. The number of aldehydes is 1. The van der Waals surface area contributed by atoms with E-state index < -0.39 is 0 Å². The minimum absolute atomic E-state index is 0.123. The summed E-state index contributed by atoms with van der Waals surface area (Å²) in [5.41, 5.74) is 0. The Kier molecular flexibility index (Phi) is 2.05. The summed E-state index contributed by atoms with van der Waals surface area (Å²) >= 11 is 1.41. The van der Waals surface area contributed by atoms with Crippen LogP contribution in [-0.4, -0.2) is 17.3 Å². The Hall–Kier alpha value is -0.570. The maximum atomic E-state index is 10.6. The molecule has 3 heteroatoms. The third-order valence-corrected chi connectivity index (χ3v) is 2.23. The Morgan fingerprint density at radius 1 is 1.78 bits per heavy atom. The second-order valence-corrected chi connectivity index (χ2v) is 2.87. The normalized spacial score (nSPS) is 24.2. The largest absolute Gasteiger partial charge is 0.295 e. The maximum Gasteiger partial charge on any atom is 0.208 e. The average molecular weight is 142 g/mol. The van der Waals surface area contributed by atoms with E-state index >= 15 is 0 Å². The lowest BCUT2D eigenvalue weighted by molar-refractivity contribution is -0.129. The van der Waals surface area contributed by atoms with Crippen LogP contribution in [0.3, 0.4) is 0 Å². The van der Waals surface area contributed by atoms with E-state index in [0.29, 0.717) is 12.7 Å². The van der Waals surface area contributed by atoms with Crippen molar-refractivity contribution in [3.05, 3.63) is 11.5 Å². The van der Waals surface area contributed by atoms with Gasteiger partial charge < -0.3 is 0 Å². The Bertz CT molecular complexity index is 154. The van der Waals surface area contributed by atoms with Crippen LogP contribution in [0.1, 0.15) is 6.42 Å². The van der Waals surface area contributed by atoms with Crippen molar-refractivity contribution >= 4 is 23.8 Å². The van der Waals surface area contributed by atoms with Crippen LogP contribution in [-0.2, 0) is 9.59 Å². The van der Waals surface area contributed by atoms with Gasteiger partial charge in [0.15, 0.2) is 6.29 Å². The molecule has 0 radical (unpaired) electrons. The summed E-state index contributed by atoms with van der Waals surface area (Å²) in [5, 5.41) is 1.73. The zero-order valence-corrected chi connectivity index (χ0v) is 5.56. The third-order valence-electron chi connectivity index (χ3n) is 1.12. The summed E-state index contributed by atoms with van der Waals surface area (Å²) in [6.07, 6.45) is 3.00. The predicted molar refractivity (Wildman–Crippen MR) is 36.2 cm³/mol. The molecule has 1 aliphatic heterocycles. The second kappa shape index (κ2) is 2.82. The molecule has 0 aromatic heterocycles. The molecule has 0 N–H and O–H groups in total. The van der Waals surface area contributed by atoms with Crippen molar-refractivity contribution < 1.29 is 9.59 Å². The van der Waals surface area contributed by atoms with Crippen molar-refractivity contribution in [3.8, 4) is 0 Å². The summed E-state index contributed by atoms with van der Waals surface area (Å²) in [5.74, 6) is -0.301. The summed E-state index contributed by atoms with van der Waals surface area (Å²) < 4.78 is 0. The number of rotatable bonds is 2. The molecule has 0 aliphatic carbocycles. The molecule has 1 unspecified atom stereocenters. The van der Waals surface area contributed by atoms with Gasteiger partial charge in [-0.2, -0.15) is 0 Å². The van der Waals surface area contributed by atoms with Gasteiger partial charge in [0.2, 0.25) is 5.78 Å². The van der Waals surface area contributed by atoms with Crippen molar-refractivity contribution in [3.63, 3.8) is 0 Å². The van der Waals surface area contributed by atoms with Crippen molar-refractivity contribution in [2.75, 3.05) is 0 Å². The highest BCUT2D eigenvalue weighted by atomic mass is 32.2. The highest BCUT2D eigenvalue weighted by molar-refractivity contribution is 8.03. The van der Waals surface area contributed by atoms with Crippen LogP contribution in [0.15, 0.2) is 11.5 Å². The zero-order valence-electron chi connectivity index (χ0n) is 4.74. The van der Waals surface area contributed by atoms with Gasteiger partial charge in [-0.25, -0.2) is 0 Å². The van der Waals surface area contributed by atoms with E-state index in [1.165, 1.54) is 11.8 Å². The Labute approximate surface area is 57.3 Å². The topological polar surface area (TPSA) is 34.1 Å². The zero-order chi connectivity index (χ0) is 6.69. The second-order valence-electron chi connectivity index (χ2n) is 1.75. The van der Waals surface area contributed by atoms with E-state index in [1.807, 2.05) is 11.5 Å². The molecule has 1 atom stereocenters. The van der Waals surface area contributed by atoms with Crippen molar-refractivity contribution in [1.82, 2.24) is 0 Å². The Balaban J connectivity index is 2.45. The molecule has 48 valence electrons. The quantitative estimate of drug-likeness (QED) is 0.422. The molecular weight excluding hydrogens is 136 g/mol. The molecule has 2 nitrogen and oxygen atoms in total. The molecule has 0 saturated heterocycles.